The summed E-state index contributed by atoms with van der Waals surface area (Å²) in [5.74, 6) is -2.44. The molecule has 1 saturated heterocycles. The number of unbranched alkanes of at least 4 members (excludes halogenated alkanes) is 1. The van der Waals surface area contributed by atoms with Gasteiger partial charge >= 0.3 is 12.1 Å². The van der Waals surface area contributed by atoms with Crippen molar-refractivity contribution in [2.45, 2.75) is 75.8 Å². The molecule has 0 aliphatic carbocycles. The van der Waals surface area contributed by atoms with Crippen molar-refractivity contribution in [3.63, 3.8) is 0 Å². The van der Waals surface area contributed by atoms with Crippen LogP contribution >= 0.6 is 10.8 Å². The topological polar surface area (TPSA) is 222 Å². The number of alkyl carbamates (subject to hydrolysis) is 1. The minimum absolute atomic E-state index is 0.0390. The van der Waals surface area contributed by atoms with Crippen molar-refractivity contribution in [2.24, 2.45) is 0 Å². The molecular formula is C38H48N4O11S. The van der Waals surface area contributed by atoms with Gasteiger partial charge in [0.25, 0.3) is 0 Å². The van der Waals surface area contributed by atoms with Gasteiger partial charge in [-0.15, -0.1) is 10.8 Å². The number of methoxy groups -OCH3 is 1. The summed E-state index contributed by atoms with van der Waals surface area (Å²) >= 11 is 0. The molecule has 1 fully saturated rings. The van der Waals surface area contributed by atoms with Crippen molar-refractivity contribution in [3.05, 3.63) is 95.1 Å². The summed E-state index contributed by atoms with van der Waals surface area (Å²) in [5.41, 5.74) is 1.02. The summed E-state index contributed by atoms with van der Waals surface area (Å²) in [6.07, 6.45) is 0.203. The zero-order chi connectivity index (χ0) is 39.5. The molecule has 1 aliphatic heterocycles. The SMILES string of the molecule is COC(=O)c1c(O)cccc1OCCCCNC(=O)[C@H](Cc1ccc(C2CC(=O)NS2(O)O)cc1)NC(=O)[C@H](Cc1ccccc1)NC(=O)OC(C)(C)C. The van der Waals surface area contributed by atoms with E-state index in [-0.39, 0.29) is 49.5 Å². The van der Waals surface area contributed by atoms with E-state index < -0.39 is 63.5 Å². The summed E-state index contributed by atoms with van der Waals surface area (Å²) in [4.78, 5) is 64.2. The first-order valence-corrected chi connectivity index (χ1v) is 19.0. The molecule has 4 rings (SSSR count). The molecule has 7 N–H and O–H groups in total. The number of ether oxygens (including phenoxy) is 3. The van der Waals surface area contributed by atoms with Crippen molar-refractivity contribution in [2.75, 3.05) is 20.3 Å². The fourth-order valence-corrected chi connectivity index (χ4v) is 7.14. The Hall–Kier alpha value is -5.32. The highest BCUT2D eigenvalue weighted by Gasteiger charge is 2.38. The van der Waals surface area contributed by atoms with E-state index in [0.29, 0.717) is 24.0 Å². The summed E-state index contributed by atoms with van der Waals surface area (Å²) in [7, 11) is -2.16. The van der Waals surface area contributed by atoms with Crippen molar-refractivity contribution in [3.8, 4) is 11.5 Å². The van der Waals surface area contributed by atoms with E-state index in [2.05, 4.69) is 20.7 Å². The molecule has 54 heavy (non-hydrogen) atoms. The highest BCUT2D eigenvalue weighted by Crippen LogP contribution is 2.56. The zero-order valence-electron chi connectivity index (χ0n) is 30.6. The lowest BCUT2D eigenvalue weighted by Gasteiger charge is -2.32. The first-order valence-electron chi connectivity index (χ1n) is 17.4. The van der Waals surface area contributed by atoms with Crippen LogP contribution in [0.3, 0.4) is 0 Å². The molecule has 1 heterocycles. The van der Waals surface area contributed by atoms with Gasteiger partial charge in [0.05, 0.1) is 20.1 Å². The third-order valence-electron chi connectivity index (χ3n) is 8.27. The quantitative estimate of drug-likeness (QED) is 0.0792. The Bertz CT molecular complexity index is 1780. The Morgan fingerprint density at radius 1 is 0.870 bits per heavy atom. The number of phenols is 1. The molecule has 292 valence electrons. The van der Waals surface area contributed by atoms with E-state index in [1.807, 2.05) is 18.2 Å². The molecule has 0 spiro atoms. The minimum atomic E-state index is -3.36. The summed E-state index contributed by atoms with van der Waals surface area (Å²) in [6.45, 7) is 5.48. The number of phenolic OH excluding ortho intramolecular Hbond substituents is 1. The Morgan fingerprint density at radius 3 is 2.13 bits per heavy atom. The van der Waals surface area contributed by atoms with Crippen LogP contribution in [-0.2, 0) is 36.7 Å². The van der Waals surface area contributed by atoms with Crippen LogP contribution in [-0.4, -0.2) is 81.9 Å². The number of hydrogen-bond acceptors (Lipinski definition) is 11. The lowest BCUT2D eigenvalue weighted by Crippen LogP contribution is -2.55. The average Bonchev–Trinajstić information content (AvgIpc) is 3.39. The van der Waals surface area contributed by atoms with Crippen LogP contribution in [0.2, 0.25) is 0 Å². The number of nitrogens with one attached hydrogen (secondary N) is 4. The molecule has 15 nitrogen and oxygen atoms in total. The van der Waals surface area contributed by atoms with Crippen molar-refractivity contribution < 1.29 is 52.4 Å². The second-order valence-corrected chi connectivity index (χ2v) is 15.7. The predicted octanol–water partition coefficient (Wildman–Crippen LogP) is 4.54. The van der Waals surface area contributed by atoms with E-state index in [9.17, 15) is 38.2 Å². The maximum absolute atomic E-state index is 13.8. The third kappa shape index (κ3) is 12.1. The largest absolute Gasteiger partial charge is 0.507 e. The number of benzene rings is 3. The Morgan fingerprint density at radius 2 is 1.52 bits per heavy atom. The molecule has 4 amide bonds. The van der Waals surface area contributed by atoms with E-state index in [1.54, 1.807) is 57.2 Å². The number of rotatable bonds is 16. The van der Waals surface area contributed by atoms with Gasteiger partial charge in [-0.25, -0.2) is 9.59 Å². The van der Waals surface area contributed by atoms with Gasteiger partial charge in [0.1, 0.15) is 40.0 Å². The maximum atomic E-state index is 13.8. The lowest BCUT2D eigenvalue weighted by atomic mass is 10.0. The van der Waals surface area contributed by atoms with Gasteiger partial charge in [0.2, 0.25) is 17.7 Å². The molecule has 16 heteroatoms. The molecule has 3 aromatic carbocycles. The van der Waals surface area contributed by atoms with Gasteiger partial charge in [-0.05, 0) is 62.4 Å². The van der Waals surface area contributed by atoms with E-state index >= 15 is 0 Å². The van der Waals surface area contributed by atoms with Crippen LogP contribution in [0.15, 0.2) is 72.8 Å². The normalized spacial score (nSPS) is 16.6. The molecule has 3 atom stereocenters. The van der Waals surface area contributed by atoms with Gasteiger partial charge in [-0.2, -0.15) is 0 Å². The van der Waals surface area contributed by atoms with Gasteiger partial charge in [0, 0.05) is 19.4 Å². The Labute approximate surface area is 315 Å². The molecule has 1 aliphatic rings. The Kier molecular flexibility index (Phi) is 14.3. The fraction of sp³-hybridized carbons (Fsp3) is 0.395. The molecular weight excluding hydrogens is 721 g/mol. The summed E-state index contributed by atoms with van der Waals surface area (Å²) in [6, 6.07) is 17.9. The van der Waals surface area contributed by atoms with Crippen molar-refractivity contribution in [1.29, 1.82) is 0 Å². The molecule has 0 aromatic heterocycles. The van der Waals surface area contributed by atoms with Crippen LogP contribution in [0.4, 0.5) is 4.79 Å². The first-order chi connectivity index (χ1) is 25.6. The van der Waals surface area contributed by atoms with Crippen LogP contribution in [0.1, 0.15) is 72.3 Å². The highest BCUT2D eigenvalue weighted by atomic mass is 32.3. The van der Waals surface area contributed by atoms with E-state index in [1.165, 1.54) is 25.3 Å². The second kappa shape index (κ2) is 18.6. The van der Waals surface area contributed by atoms with Gasteiger partial charge in [-0.3, -0.25) is 28.2 Å². The lowest BCUT2D eigenvalue weighted by molar-refractivity contribution is -0.130. The smallest absolute Gasteiger partial charge is 0.408 e. The van der Waals surface area contributed by atoms with Crippen molar-refractivity contribution >= 4 is 40.6 Å². The molecule has 3 aromatic rings. The average molecular weight is 769 g/mol. The number of carbonyl (C=O) groups excluding carboxylic acids is 5. The minimum Gasteiger partial charge on any atom is -0.507 e. The maximum Gasteiger partial charge on any atom is 0.408 e. The molecule has 1 unspecified atom stereocenters. The third-order valence-corrected chi connectivity index (χ3v) is 10.0. The standard InChI is InChI=1S/C38H48N4O11S/c1-38(2,3)53-37(48)41-28(21-24-11-6-5-7-12-24)35(46)40-27(22-25-15-17-26(18-16-25)31-23-32(44)42-54(31,49)50)34(45)39-19-8-9-20-52-30-14-10-13-29(43)33(30)36(47)51-4/h5-7,10-18,27-28,31,43,49-50H,8-9,19-23H2,1-4H3,(H,39,45)(H,40,46)(H,41,48)(H,42,44)/t27-,28-,31?/m0/s1. The van der Waals surface area contributed by atoms with Gasteiger partial charge in [-0.1, -0.05) is 60.7 Å². The summed E-state index contributed by atoms with van der Waals surface area (Å²) in [5, 5.41) is 17.5. The summed E-state index contributed by atoms with van der Waals surface area (Å²) < 4.78 is 38.7. The second-order valence-electron chi connectivity index (χ2n) is 13.7. The van der Waals surface area contributed by atoms with Gasteiger partial charge in [0.15, 0.2) is 0 Å². The number of aromatic hydroxyl groups is 1. The van der Waals surface area contributed by atoms with Crippen LogP contribution in [0.5, 0.6) is 11.5 Å². The Balaban J connectivity index is 1.46. The van der Waals surface area contributed by atoms with Gasteiger partial charge < -0.3 is 35.3 Å². The van der Waals surface area contributed by atoms with E-state index in [4.69, 9.17) is 14.2 Å². The highest BCUT2D eigenvalue weighted by molar-refractivity contribution is 8.23. The monoisotopic (exact) mass is 768 g/mol. The van der Waals surface area contributed by atoms with E-state index in [0.717, 1.165) is 5.56 Å². The zero-order valence-corrected chi connectivity index (χ0v) is 31.4. The van der Waals surface area contributed by atoms with Crippen LogP contribution in [0.25, 0.3) is 0 Å². The van der Waals surface area contributed by atoms with Crippen LogP contribution < -0.4 is 25.4 Å². The molecule has 0 bridgehead atoms. The molecule has 0 saturated carbocycles. The number of hydrogen-bond donors (Lipinski definition) is 7. The number of esters is 1. The molecule has 0 radical (unpaired) electrons. The van der Waals surface area contributed by atoms with Crippen LogP contribution in [0, 0.1) is 0 Å². The predicted molar refractivity (Wildman–Crippen MR) is 201 cm³/mol. The number of amides is 4. The first kappa shape index (κ1) is 41.4. The van der Waals surface area contributed by atoms with Crippen molar-refractivity contribution in [1.82, 2.24) is 20.7 Å². The fourth-order valence-electron chi connectivity index (χ4n) is 5.66. The number of carbonyl (C=O) groups is 5.